The molecule has 0 spiro atoms. The van der Waals surface area contributed by atoms with Crippen LogP contribution in [0.15, 0.2) is 84.9 Å². The predicted octanol–water partition coefficient (Wildman–Crippen LogP) is 7.24. The van der Waals surface area contributed by atoms with Gasteiger partial charge in [-0.15, -0.1) is 0 Å². The quantitative estimate of drug-likeness (QED) is 0.222. The Morgan fingerprint density at radius 2 is 0.870 bits per heavy atom. The third-order valence-electron chi connectivity index (χ3n) is 8.98. The van der Waals surface area contributed by atoms with Crippen molar-refractivity contribution in [2.75, 3.05) is 52.5 Å². The summed E-state index contributed by atoms with van der Waals surface area (Å²) in [5.41, 5.74) is 4.70. The summed E-state index contributed by atoms with van der Waals surface area (Å²) in [4.78, 5) is 31.1. The maximum absolute atomic E-state index is 13.8. The number of fused-ring (bicyclic) bond motifs is 5. The van der Waals surface area contributed by atoms with E-state index in [9.17, 15) is 9.59 Å². The summed E-state index contributed by atoms with van der Waals surface area (Å²) in [6.07, 6.45) is -1.03. The monoisotopic (exact) mass is 624 g/mol. The zero-order chi connectivity index (χ0) is 32.5. The highest BCUT2D eigenvalue weighted by molar-refractivity contribution is 5.95. The average molecular weight is 625 g/mol. The van der Waals surface area contributed by atoms with E-state index in [1.807, 2.05) is 84.9 Å². The van der Waals surface area contributed by atoms with Crippen LogP contribution in [-0.2, 0) is 9.47 Å². The first kappa shape index (κ1) is 30.6. The first-order chi connectivity index (χ1) is 22.4. The molecular formula is C36H36N2O8. The lowest BCUT2D eigenvalue weighted by molar-refractivity contribution is 0.165. The van der Waals surface area contributed by atoms with Gasteiger partial charge in [-0.05, 0) is 58.7 Å². The van der Waals surface area contributed by atoms with Crippen LogP contribution in [0, 0.1) is 0 Å². The molecule has 0 bridgehead atoms. The Morgan fingerprint density at radius 1 is 0.500 bits per heavy atom. The van der Waals surface area contributed by atoms with Gasteiger partial charge in [0.1, 0.15) is 0 Å². The van der Waals surface area contributed by atoms with Gasteiger partial charge in [0.2, 0.25) is 0 Å². The van der Waals surface area contributed by atoms with Crippen molar-refractivity contribution in [3.8, 4) is 23.0 Å². The third kappa shape index (κ3) is 4.81. The summed E-state index contributed by atoms with van der Waals surface area (Å²) < 4.78 is 33.4. The van der Waals surface area contributed by atoms with E-state index in [0.717, 1.165) is 22.3 Å². The molecule has 0 aromatic heterocycles. The Kier molecular flexibility index (Phi) is 8.36. The Morgan fingerprint density at radius 3 is 1.22 bits per heavy atom. The molecule has 6 rings (SSSR count). The maximum Gasteiger partial charge on any atom is 0.414 e. The summed E-state index contributed by atoms with van der Waals surface area (Å²) in [5, 5.41) is 0. The van der Waals surface area contributed by atoms with Crippen LogP contribution in [0.3, 0.4) is 0 Å². The van der Waals surface area contributed by atoms with Gasteiger partial charge in [0.15, 0.2) is 23.0 Å². The van der Waals surface area contributed by atoms with Crippen molar-refractivity contribution in [3.05, 3.63) is 107 Å². The highest BCUT2D eigenvalue weighted by Crippen LogP contribution is 2.63. The zero-order valence-electron chi connectivity index (χ0n) is 26.6. The van der Waals surface area contributed by atoms with Crippen LogP contribution in [0.1, 0.15) is 46.2 Å². The lowest BCUT2D eigenvalue weighted by Gasteiger charge is -2.54. The van der Waals surface area contributed by atoms with Crippen LogP contribution in [0.2, 0.25) is 0 Å². The molecule has 2 amide bonds. The summed E-state index contributed by atoms with van der Waals surface area (Å²) >= 11 is 0. The van der Waals surface area contributed by atoms with E-state index in [1.165, 1.54) is 14.2 Å². The van der Waals surface area contributed by atoms with E-state index in [2.05, 4.69) is 0 Å². The number of hydrogen-bond donors (Lipinski definition) is 0. The number of ether oxygens (including phenoxy) is 6. The lowest BCUT2D eigenvalue weighted by Crippen LogP contribution is -2.51. The van der Waals surface area contributed by atoms with E-state index in [1.54, 1.807) is 38.2 Å². The van der Waals surface area contributed by atoms with Gasteiger partial charge in [-0.2, -0.15) is 0 Å². The topological polar surface area (TPSA) is 96.0 Å². The van der Waals surface area contributed by atoms with Crippen molar-refractivity contribution in [1.82, 2.24) is 0 Å². The molecular weight excluding hydrogens is 588 g/mol. The Labute approximate surface area is 267 Å². The van der Waals surface area contributed by atoms with Gasteiger partial charge in [-0.25, -0.2) is 9.59 Å². The second-order valence-corrected chi connectivity index (χ2v) is 11.0. The van der Waals surface area contributed by atoms with Crippen molar-refractivity contribution in [3.63, 3.8) is 0 Å². The molecule has 2 aliphatic rings. The van der Waals surface area contributed by atoms with Crippen LogP contribution in [0.25, 0.3) is 0 Å². The fourth-order valence-electron chi connectivity index (χ4n) is 7.13. The molecule has 46 heavy (non-hydrogen) atoms. The van der Waals surface area contributed by atoms with Gasteiger partial charge in [0, 0.05) is 11.8 Å². The van der Waals surface area contributed by atoms with Crippen molar-refractivity contribution in [2.45, 2.75) is 23.9 Å². The minimum Gasteiger partial charge on any atom is -0.493 e. The lowest BCUT2D eigenvalue weighted by atomic mass is 9.64. The van der Waals surface area contributed by atoms with Gasteiger partial charge < -0.3 is 28.4 Å². The molecule has 0 saturated heterocycles. The number of amides is 2. The number of para-hydroxylation sites is 2. The molecule has 4 aromatic rings. The number of methoxy groups -OCH3 is 6. The van der Waals surface area contributed by atoms with Crippen LogP contribution in [-0.4, -0.2) is 54.8 Å². The fraction of sp³-hybridized carbons (Fsp3) is 0.278. The molecule has 0 radical (unpaired) electrons. The molecule has 10 heteroatoms. The van der Waals surface area contributed by atoms with Crippen LogP contribution < -0.4 is 28.7 Å². The summed E-state index contributed by atoms with van der Waals surface area (Å²) in [6, 6.07) is 25.7. The first-order valence-electron chi connectivity index (χ1n) is 14.8. The van der Waals surface area contributed by atoms with E-state index in [-0.39, 0.29) is 11.8 Å². The van der Waals surface area contributed by atoms with E-state index in [0.29, 0.717) is 34.4 Å². The van der Waals surface area contributed by atoms with Gasteiger partial charge in [0.25, 0.3) is 0 Å². The Balaban J connectivity index is 1.72. The molecule has 0 saturated carbocycles. The molecule has 4 aromatic carbocycles. The molecule has 0 aliphatic carbocycles. The Bertz CT molecular complexity index is 1650. The smallest absolute Gasteiger partial charge is 0.414 e. The summed E-state index contributed by atoms with van der Waals surface area (Å²) in [5.74, 6) is 1.46. The van der Waals surface area contributed by atoms with Crippen LogP contribution in [0.5, 0.6) is 23.0 Å². The van der Waals surface area contributed by atoms with Crippen molar-refractivity contribution in [1.29, 1.82) is 0 Å². The average Bonchev–Trinajstić information content (AvgIpc) is 3.12. The summed E-state index contributed by atoms with van der Waals surface area (Å²) in [6.45, 7) is 0. The molecule has 4 atom stereocenters. The number of nitrogens with zero attached hydrogens (tertiary/aromatic N) is 2. The number of benzene rings is 4. The predicted molar refractivity (Wildman–Crippen MR) is 173 cm³/mol. The second kappa shape index (κ2) is 12.5. The first-order valence-corrected chi connectivity index (χ1v) is 14.8. The van der Waals surface area contributed by atoms with Crippen LogP contribution >= 0.6 is 0 Å². The molecule has 2 aliphatic heterocycles. The van der Waals surface area contributed by atoms with Crippen molar-refractivity contribution >= 4 is 23.6 Å². The van der Waals surface area contributed by atoms with E-state index in [4.69, 9.17) is 28.4 Å². The van der Waals surface area contributed by atoms with E-state index >= 15 is 0 Å². The highest BCUT2D eigenvalue weighted by atomic mass is 16.5. The maximum atomic E-state index is 13.8. The normalized spacial score (nSPS) is 19.6. The van der Waals surface area contributed by atoms with Crippen LogP contribution in [0.4, 0.5) is 21.0 Å². The number of rotatable bonds is 6. The largest absolute Gasteiger partial charge is 0.493 e. The highest BCUT2D eigenvalue weighted by Gasteiger charge is 2.54. The molecule has 238 valence electrons. The fourth-order valence-corrected chi connectivity index (χ4v) is 7.13. The SMILES string of the molecule is COC(=O)N1c2ccccc2[C@@H]2[C@H](c3ccccc3N(C(=O)OC)[C@H]2c2ccc(OC)c(OC)c2)[C@H]1c1ccc(OC)c(OC)c1. The third-order valence-corrected chi connectivity index (χ3v) is 8.98. The van der Waals surface area contributed by atoms with Gasteiger partial charge in [-0.1, -0.05) is 48.5 Å². The number of carbonyl (C=O) groups is 2. The van der Waals surface area contributed by atoms with E-state index < -0.39 is 24.3 Å². The number of hydrogen-bond acceptors (Lipinski definition) is 8. The van der Waals surface area contributed by atoms with Crippen molar-refractivity contribution < 1.29 is 38.0 Å². The van der Waals surface area contributed by atoms with Gasteiger partial charge in [-0.3, -0.25) is 9.80 Å². The minimum absolute atomic E-state index is 0.359. The molecule has 2 heterocycles. The van der Waals surface area contributed by atoms with Gasteiger partial charge >= 0.3 is 12.2 Å². The molecule has 0 fully saturated rings. The standard InChI is InChI=1S/C36H36N2O8/c1-41-27-17-15-21(19-29(27)43-3)33-31-23-11-7-10-14-26(23)38(36(40)46-6)34(22-16-18-28(42-2)30(20-22)44-4)32(31)24-12-8-9-13-25(24)37(33)35(39)45-5/h7-20,31-34H,1-6H3/t31-,32+,33+,34-. The zero-order valence-corrected chi connectivity index (χ0v) is 26.6. The number of carbonyl (C=O) groups excluding carboxylic acids is 2. The van der Waals surface area contributed by atoms with Crippen molar-refractivity contribution in [2.24, 2.45) is 0 Å². The molecule has 10 nitrogen and oxygen atoms in total. The minimum atomic E-state index is -0.573. The number of anilines is 2. The molecule has 0 unspecified atom stereocenters. The van der Waals surface area contributed by atoms with Gasteiger partial charge in [0.05, 0.1) is 66.1 Å². The second-order valence-electron chi connectivity index (χ2n) is 11.0. The molecule has 0 N–H and O–H groups in total. The summed E-state index contributed by atoms with van der Waals surface area (Å²) in [7, 11) is 9.08. The Hall–Kier alpha value is -5.38.